The van der Waals surface area contributed by atoms with E-state index in [1.165, 1.54) is 31.2 Å². The van der Waals surface area contributed by atoms with Crippen molar-refractivity contribution in [1.82, 2.24) is 0 Å². The summed E-state index contributed by atoms with van der Waals surface area (Å²) in [5, 5.41) is 9.01. The lowest BCUT2D eigenvalue weighted by Gasteiger charge is -2.12. The van der Waals surface area contributed by atoms with Crippen molar-refractivity contribution in [3.8, 4) is 0 Å². The average molecular weight is 232 g/mol. The van der Waals surface area contributed by atoms with Crippen molar-refractivity contribution in [3.63, 3.8) is 0 Å². The summed E-state index contributed by atoms with van der Waals surface area (Å²) in [6, 6.07) is 8.09. The maximum Gasteiger partial charge on any atom is 0.310 e. The zero-order valence-electron chi connectivity index (χ0n) is 10.4. The van der Waals surface area contributed by atoms with Crippen LogP contribution in [0.1, 0.15) is 49.7 Å². The number of aliphatic carboxylic acids is 1. The summed E-state index contributed by atoms with van der Waals surface area (Å²) in [6.45, 7) is 1.75. The number of benzene rings is 1. The van der Waals surface area contributed by atoms with E-state index in [1.54, 1.807) is 6.92 Å². The van der Waals surface area contributed by atoms with Gasteiger partial charge in [0, 0.05) is 0 Å². The molecule has 1 aromatic carbocycles. The van der Waals surface area contributed by atoms with E-state index >= 15 is 0 Å². The van der Waals surface area contributed by atoms with Gasteiger partial charge >= 0.3 is 5.97 Å². The van der Waals surface area contributed by atoms with Gasteiger partial charge in [-0.25, -0.2) is 0 Å². The van der Waals surface area contributed by atoms with Gasteiger partial charge in [-0.3, -0.25) is 4.79 Å². The van der Waals surface area contributed by atoms with Gasteiger partial charge in [-0.05, 0) is 30.4 Å². The molecule has 0 amide bonds. The molecule has 2 nitrogen and oxygen atoms in total. The summed E-state index contributed by atoms with van der Waals surface area (Å²) in [5.41, 5.74) is 2.22. The highest BCUT2D eigenvalue weighted by Crippen LogP contribution is 2.28. The number of hydrogen-bond acceptors (Lipinski definition) is 1. The van der Waals surface area contributed by atoms with E-state index < -0.39 is 11.9 Å². The van der Waals surface area contributed by atoms with Gasteiger partial charge in [0.05, 0.1) is 5.92 Å². The van der Waals surface area contributed by atoms with Crippen LogP contribution in [-0.2, 0) is 11.2 Å². The monoisotopic (exact) mass is 232 g/mol. The normalized spacial score (nSPS) is 18.2. The Morgan fingerprint density at radius 3 is 2.76 bits per heavy atom. The van der Waals surface area contributed by atoms with Gasteiger partial charge < -0.3 is 5.11 Å². The summed E-state index contributed by atoms with van der Waals surface area (Å²) in [5.74, 6) is -0.341. The van der Waals surface area contributed by atoms with Crippen molar-refractivity contribution in [3.05, 3.63) is 35.4 Å². The molecular formula is C15H20O2. The van der Waals surface area contributed by atoms with E-state index in [4.69, 9.17) is 5.11 Å². The predicted octanol–water partition coefficient (Wildman–Crippen LogP) is 3.61. The molecule has 0 heterocycles. The number of carboxylic acids is 1. The molecule has 2 heteroatoms. The molecule has 1 fully saturated rings. The molecule has 0 saturated heterocycles. The molecule has 0 bridgehead atoms. The summed E-state index contributed by atoms with van der Waals surface area (Å²) >= 11 is 0. The topological polar surface area (TPSA) is 37.3 Å². The minimum Gasteiger partial charge on any atom is -0.481 e. The van der Waals surface area contributed by atoms with Crippen LogP contribution in [-0.4, -0.2) is 11.1 Å². The first-order chi connectivity index (χ1) is 8.16. The van der Waals surface area contributed by atoms with E-state index in [0.717, 1.165) is 17.9 Å². The van der Waals surface area contributed by atoms with Crippen LogP contribution in [0.5, 0.6) is 0 Å². The molecule has 1 atom stereocenters. The molecule has 1 unspecified atom stereocenters. The highest BCUT2D eigenvalue weighted by molar-refractivity contribution is 5.75. The van der Waals surface area contributed by atoms with Crippen LogP contribution in [0.3, 0.4) is 0 Å². The Morgan fingerprint density at radius 2 is 2.12 bits per heavy atom. The van der Waals surface area contributed by atoms with Crippen LogP contribution in [0.2, 0.25) is 0 Å². The second-order valence-corrected chi connectivity index (χ2v) is 5.16. The molecule has 2 rings (SSSR count). The quantitative estimate of drug-likeness (QED) is 0.861. The third-order valence-corrected chi connectivity index (χ3v) is 3.82. The van der Waals surface area contributed by atoms with E-state index in [0.29, 0.717) is 0 Å². The van der Waals surface area contributed by atoms with E-state index in [2.05, 4.69) is 12.1 Å². The van der Waals surface area contributed by atoms with Crippen LogP contribution in [0, 0.1) is 5.92 Å². The summed E-state index contributed by atoms with van der Waals surface area (Å²) in [4.78, 5) is 11.0. The minimum absolute atomic E-state index is 0.404. The SMILES string of the molecule is CC(C(=O)O)c1cccc(CC2CCCC2)c1. The Labute approximate surface area is 103 Å². The van der Waals surface area contributed by atoms with Gasteiger partial charge in [-0.2, -0.15) is 0 Å². The number of rotatable bonds is 4. The first kappa shape index (κ1) is 12.2. The van der Waals surface area contributed by atoms with Gasteiger partial charge in [0.1, 0.15) is 0 Å². The smallest absolute Gasteiger partial charge is 0.310 e. The number of carbonyl (C=O) groups is 1. The molecule has 0 aromatic heterocycles. The van der Waals surface area contributed by atoms with Gasteiger partial charge in [-0.1, -0.05) is 49.9 Å². The zero-order valence-corrected chi connectivity index (χ0v) is 10.4. The van der Waals surface area contributed by atoms with E-state index in [9.17, 15) is 4.79 Å². The lowest BCUT2D eigenvalue weighted by molar-refractivity contribution is -0.138. The van der Waals surface area contributed by atoms with Crippen molar-refractivity contribution >= 4 is 5.97 Å². The van der Waals surface area contributed by atoms with Gasteiger partial charge in [0.15, 0.2) is 0 Å². The fourth-order valence-corrected chi connectivity index (χ4v) is 2.68. The minimum atomic E-state index is -0.747. The Hall–Kier alpha value is -1.31. The Balaban J connectivity index is 2.07. The largest absolute Gasteiger partial charge is 0.481 e. The van der Waals surface area contributed by atoms with Crippen molar-refractivity contribution < 1.29 is 9.90 Å². The van der Waals surface area contributed by atoms with Gasteiger partial charge in [0.2, 0.25) is 0 Å². The molecule has 1 aliphatic rings. The summed E-state index contributed by atoms with van der Waals surface area (Å²) in [7, 11) is 0. The van der Waals surface area contributed by atoms with E-state index in [1.807, 2.05) is 12.1 Å². The first-order valence-corrected chi connectivity index (χ1v) is 6.48. The molecule has 1 saturated carbocycles. The fraction of sp³-hybridized carbons (Fsp3) is 0.533. The molecule has 17 heavy (non-hydrogen) atoms. The first-order valence-electron chi connectivity index (χ1n) is 6.48. The third kappa shape index (κ3) is 3.09. The van der Waals surface area contributed by atoms with Crippen LogP contribution < -0.4 is 0 Å². The maximum absolute atomic E-state index is 11.0. The maximum atomic E-state index is 11.0. The lowest BCUT2D eigenvalue weighted by atomic mass is 9.93. The average Bonchev–Trinajstić information content (AvgIpc) is 2.81. The standard InChI is InChI=1S/C15H20O2/c1-11(15(16)17)14-8-4-7-13(10-14)9-12-5-2-3-6-12/h4,7-8,10-12H,2-3,5-6,9H2,1H3,(H,16,17). The molecule has 0 aliphatic heterocycles. The molecule has 1 N–H and O–H groups in total. The predicted molar refractivity (Wildman–Crippen MR) is 68.2 cm³/mol. The lowest BCUT2D eigenvalue weighted by Crippen LogP contribution is -2.08. The molecule has 0 spiro atoms. The second kappa shape index (κ2) is 5.35. The fourth-order valence-electron chi connectivity index (χ4n) is 2.68. The highest BCUT2D eigenvalue weighted by Gasteiger charge is 2.17. The summed E-state index contributed by atoms with van der Waals surface area (Å²) in [6.07, 6.45) is 6.49. The molecule has 92 valence electrons. The highest BCUT2D eigenvalue weighted by atomic mass is 16.4. The van der Waals surface area contributed by atoms with Crippen LogP contribution in [0.15, 0.2) is 24.3 Å². The van der Waals surface area contributed by atoms with Crippen molar-refractivity contribution in [2.75, 3.05) is 0 Å². The Morgan fingerprint density at radius 1 is 1.41 bits per heavy atom. The van der Waals surface area contributed by atoms with Crippen LogP contribution in [0.25, 0.3) is 0 Å². The van der Waals surface area contributed by atoms with Crippen molar-refractivity contribution in [1.29, 1.82) is 0 Å². The second-order valence-electron chi connectivity index (χ2n) is 5.16. The van der Waals surface area contributed by atoms with Gasteiger partial charge in [-0.15, -0.1) is 0 Å². The number of hydrogen-bond donors (Lipinski definition) is 1. The van der Waals surface area contributed by atoms with Crippen LogP contribution in [0.4, 0.5) is 0 Å². The zero-order chi connectivity index (χ0) is 12.3. The Kier molecular flexibility index (Phi) is 3.82. The summed E-state index contributed by atoms with van der Waals surface area (Å²) < 4.78 is 0. The third-order valence-electron chi connectivity index (χ3n) is 3.82. The van der Waals surface area contributed by atoms with Gasteiger partial charge in [0.25, 0.3) is 0 Å². The molecule has 0 radical (unpaired) electrons. The molecular weight excluding hydrogens is 212 g/mol. The molecule has 1 aromatic rings. The molecule has 1 aliphatic carbocycles. The van der Waals surface area contributed by atoms with Crippen molar-refractivity contribution in [2.24, 2.45) is 5.92 Å². The van der Waals surface area contributed by atoms with Crippen LogP contribution >= 0.6 is 0 Å². The Bertz CT molecular complexity index is 392. The number of carboxylic acid groups (broad SMARTS) is 1. The van der Waals surface area contributed by atoms with E-state index in [-0.39, 0.29) is 0 Å². The van der Waals surface area contributed by atoms with Crippen molar-refractivity contribution in [2.45, 2.75) is 44.9 Å².